The van der Waals surface area contributed by atoms with Crippen LogP contribution in [-0.4, -0.2) is 20.2 Å². The largest absolute Gasteiger partial charge is 0.380 e. The Balaban J connectivity index is 1.94. The summed E-state index contributed by atoms with van der Waals surface area (Å²) in [6.45, 7) is 3.09. The quantitative estimate of drug-likeness (QED) is 0.839. The number of ether oxygens (including phenoxy) is 1. The third kappa shape index (κ3) is 3.32. The van der Waals surface area contributed by atoms with E-state index in [0.717, 1.165) is 12.5 Å². The maximum absolute atomic E-state index is 5.16. The summed E-state index contributed by atoms with van der Waals surface area (Å²) in [4.78, 5) is 0. The molecule has 1 N–H and O–H groups in total. The summed E-state index contributed by atoms with van der Waals surface area (Å²) in [7, 11) is 1.75. The van der Waals surface area contributed by atoms with Gasteiger partial charge in [0.25, 0.3) is 0 Å². The van der Waals surface area contributed by atoms with Gasteiger partial charge in [-0.1, -0.05) is 24.3 Å². The minimum absolute atomic E-state index is 0.722. The summed E-state index contributed by atoms with van der Waals surface area (Å²) in [5.74, 6) is 0.860. The Morgan fingerprint density at radius 1 is 1.25 bits per heavy atom. The van der Waals surface area contributed by atoms with Crippen molar-refractivity contribution in [1.82, 2.24) is 5.32 Å². The molecule has 1 aromatic rings. The van der Waals surface area contributed by atoms with Gasteiger partial charge < -0.3 is 10.1 Å². The van der Waals surface area contributed by atoms with Gasteiger partial charge in [0, 0.05) is 7.11 Å². The molecule has 1 aliphatic rings. The number of methoxy groups -OCH3 is 1. The summed E-state index contributed by atoms with van der Waals surface area (Å²) >= 11 is 0. The predicted octanol–water partition coefficient (Wildman–Crippen LogP) is 2.38. The first-order chi connectivity index (χ1) is 7.88. The van der Waals surface area contributed by atoms with E-state index < -0.39 is 0 Å². The van der Waals surface area contributed by atoms with E-state index in [2.05, 4.69) is 29.6 Å². The number of nitrogens with one attached hydrogen (secondary N) is 1. The molecule has 16 heavy (non-hydrogen) atoms. The van der Waals surface area contributed by atoms with Crippen LogP contribution in [0.2, 0.25) is 0 Å². The normalized spacial score (nSPS) is 17.6. The number of hydrogen-bond donors (Lipinski definition) is 1. The Bertz CT molecular complexity index is 318. The van der Waals surface area contributed by atoms with Crippen LogP contribution in [0.15, 0.2) is 24.3 Å². The van der Waals surface area contributed by atoms with Crippen LogP contribution < -0.4 is 5.32 Å². The Morgan fingerprint density at radius 2 is 2.00 bits per heavy atom. The van der Waals surface area contributed by atoms with Crippen molar-refractivity contribution in [1.29, 1.82) is 0 Å². The van der Waals surface area contributed by atoms with Crippen LogP contribution >= 0.6 is 0 Å². The second-order valence-electron chi connectivity index (χ2n) is 4.65. The van der Waals surface area contributed by atoms with E-state index >= 15 is 0 Å². The van der Waals surface area contributed by atoms with Gasteiger partial charge in [0.05, 0.1) is 6.61 Å². The van der Waals surface area contributed by atoms with Crippen LogP contribution in [-0.2, 0) is 17.8 Å². The highest BCUT2D eigenvalue weighted by Crippen LogP contribution is 2.18. The van der Waals surface area contributed by atoms with Crippen molar-refractivity contribution in [2.24, 2.45) is 5.92 Å². The molecule has 0 unspecified atom stereocenters. The molecule has 1 saturated heterocycles. The van der Waals surface area contributed by atoms with Gasteiger partial charge in [-0.25, -0.2) is 0 Å². The Labute approximate surface area is 98.0 Å². The van der Waals surface area contributed by atoms with Crippen LogP contribution in [0.1, 0.15) is 24.0 Å². The first-order valence-corrected chi connectivity index (χ1v) is 6.16. The van der Waals surface area contributed by atoms with Gasteiger partial charge in [0.2, 0.25) is 0 Å². The van der Waals surface area contributed by atoms with E-state index in [4.69, 9.17) is 4.74 Å². The average Bonchev–Trinajstić information content (AvgIpc) is 2.31. The van der Waals surface area contributed by atoms with Crippen LogP contribution in [0.4, 0.5) is 0 Å². The molecule has 1 heterocycles. The smallest absolute Gasteiger partial charge is 0.0713 e. The zero-order chi connectivity index (χ0) is 11.2. The second kappa shape index (κ2) is 6.02. The molecule has 2 nitrogen and oxygen atoms in total. The van der Waals surface area contributed by atoms with Gasteiger partial charge in [-0.2, -0.15) is 0 Å². The van der Waals surface area contributed by atoms with Crippen molar-refractivity contribution in [3.63, 3.8) is 0 Å². The number of piperidine rings is 1. The molecule has 0 aromatic heterocycles. The Morgan fingerprint density at radius 3 is 2.75 bits per heavy atom. The molecule has 0 spiro atoms. The standard InChI is InChI=1S/C14H21NO/c1-16-11-14-4-2-3-13(10-14)9-12-5-7-15-8-6-12/h2-4,10,12,15H,5-9,11H2,1H3. The van der Waals surface area contributed by atoms with Gasteiger partial charge in [-0.05, 0) is 49.4 Å². The molecule has 2 rings (SSSR count). The fourth-order valence-electron chi connectivity index (χ4n) is 2.43. The average molecular weight is 219 g/mol. The van der Waals surface area contributed by atoms with E-state index in [1.807, 2.05) is 0 Å². The molecule has 1 aromatic carbocycles. The van der Waals surface area contributed by atoms with E-state index in [-0.39, 0.29) is 0 Å². The van der Waals surface area contributed by atoms with Crippen molar-refractivity contribution in [3.05, 3.63) is 35.4 Å². The summed E-state index contributed by atoms with van der Waals surface area (Å²) in [6, 6.07) is 8.80. The summed E-state index contributed by atoms with van der Waals surface area (Å²) in [5, 5.41) is 3.41. The molecule has 2 heteroatoms. The van der Waals surface area contributed by atoms with Crippen LogP contribution in [0.5, 0.6) is 0 Å². The third-order valence-electron chi connectivity index (χ3n) is 3.29. The maximum Gasteiger partial charge on any atom is 0.0713 e. The van der Waals surface area contributed by atoms with Crippen LogP contribution in [0.3, 0.4) is 0 Å². The highest BCUT2D eigenvalue weighted by Gasteiger charge is 2.13. The maximum atomic E-state index is 5.16. The molecule has 0 radical (unpaired) electrons. The van der Waals surface area contributed by atoms with Gasteiger partial charge in [0.15, 0.2) is 0 Å². The lowest BCUT2D eigenvalue weighted by atomic mass is 9.90. The predicted molar refractivity (Wildman–Crippen MR) is 66.5 cm³/mol. The SMILES string of the molecule is COCc1cccc(CC2CCNCC2)c1. The third-order valence-corrected chi connectivity index (χ3v) is 3.29. The van der Waals surface area contributed by atoms with Crippen molar-refractivity contribution >= 4 is 0 Å². The number of hydrogen-bond acceptors (Lipinski definition) is 2. The minimum Gasteiger partial charge on any atom is -0.380 e. The highest BCUT2D eigenvalue weighted by atomic mass is 16.5. The van der Waals surface area contributed by atoms with Crippen molar-refractivity contribution in [2.75, 3.05) is 20.2 Å². The van der Waals surface area contributed by atoms with Crippen LogP contribution in [0.25, 0.3) is 0 Å². The number of rotatable bonds is 4. The lowest BCUT2D eigenvalue weighted by Gasteiger charge is -2.22. The van der Waals surface area contributed by atoms with Gasteiger partial charge in [-0.15, -0.1) is 0 Å². The molecular formula is C14H21NO. The van der Waals surface area contributed by atoms with Gasteiger partial charge in [-0.3, -0.25) is 0 Å². The summed E-state index contributed by atoms with van der Waals surface area (Å²) < 4.78 is 5.16. The topological polar surface area (TPSA) is 21.3 Å². The molecule has 1 fully saturated rings. The highest BCUT2D eigenvalue weighted by molar-refractivity contribution is 5.23. The molecule has 0 amide bonds. The molecule has 0 saturated carbocycles. The first kappa shape index (κ1) is 11.6. The van der Waals surface area contributed by atoms with E-state index in [1.165, 1.54) is 43.5 Å². The molecular weight excluding hydrogens is 198 g/mol. The second-order valence-corrected chi connectivity index (χ2v) is 4.65. The summed E-state index contributed by atoms with van der Waals surface area (Å²) in [6.07, 6.45) is 3.85. The molecule has 1 aliphatic heterocycles. The minimum atomic E-state index is 0.722. The molecule has 0 bridgehead atoms. The van der Waals surface area contributed by atoms with E-state index in [1.54, 1.807) is 7.11 Å². The lowest BCUT2D eigenvalue weighted by Crippen LogP contribution is -2.28. The fraction of sp³-hybridized carbons (Fsp3) is 0.571. The molecule has 0 atom stereocenters. The zero-order valence-corrected chi connectivity index (χ0v) is 10.0. The van der Waals surface area contributed by atoms with Gasteiger partial charge >= 0.3 is 0 Å². The fourth-order valence-corrected chi connectivity index (χ4v) is 2.43. The van der Waals surface area contributed by atoms with Crippen LogP contribution in [0, 0.1) is 5.92 Å². The molecule has 0 aliphatic carbocycles. The van der Waals surface area contributed by atoms with Gasteiger partial charge in [0.1, 0.15) is 0 Å². The van der Waals surface area contributed by atoms with E-state index in [9.17, 15) is 0 Å². The first-order valence-electron chi connectivity index (χ1n) is 6.16. The Kier molecular flexibility index (Phi) is 4.37. The van der Waals surface area contributed by atoms with Crippen molar-refractivity contribution < 1.29 is 4.74 Å². The van der Waals surface area contributed by atoms with Crippen molar-refractivity contribution in [2.45, 2.75) is 25.9 Å². The molecule has 88 valence electrons. The zero-order valence-electron chi connectivity index (χ0n) is 10.0. The lowest BCUT2D eigenvalue weighted by molar-refractivity contribution is 0.185. The van der Waals surface area contributed by atoms with Crippen molar-refractivity contribution in [3.8, 4) is 0 Å². The van der Waals surface area contributed by atoms with E-state index in [0.29, 0.717) is 0 Å². The Hall–Kier alpha value is -0.860. The monoisotopic (exact) mass is 219 g/mol. The number of benzene rings is 1. The summed E-state index contributed by atoms with van der Waals surface area (Å²) in [5.41, 5.74) is 2.75.